The lowest BCUT2D eigenvalue weighted by Gasteiger charge is -2.23. The monoisotopic (exact) mass is 229 g/mol. The van der Waals surface area contributed by atoms with Crippen molar-refractivity contribution < 1.29 is 9.21 Å². The van der Waals surface area contributed by atoms with Crippen LogP contribution in [0.5, 0.6) is 0 Å². The largest absolute Gasteiger partial charge is 0.472 e. The number of alkyl halides is 1. The molecule has 0 unspecified atom stereocenters. The van der Waals surface area contributed by atoms with Crippen molar-refractivity contribution in [3.8, 4) is 0 Å². The van der Waals surface area contributed by atoms with Crippen molar-refractivity contribution in [3.63, 3.8) is 0 Å². The molecule has 0 aliphatic carbocycles. The number of rotatable bonds is 5. The first-order chi connectivity index (χ1) is 7.05. The molecular weight excluding hydrogens is 214 g/mol. The number of carbonyl (C=O) groups is 1. The number of hydrogen-bond donors (Lipinski definition) is 1. The summed E-state index contributed by atoms with van der Waals surface area (Å²) >= 11 is 5.67. The Bertz CT molecular complexity index is 306. The van der Waals surface area contributed by atoms with Crippen LogP contribution in [0.25, 0.3) is 0 Å². The first-order valence-corrected chi connectivity index (χ1v) is 5.45. The van der Waals surface area contributed by atoms with E-state index in [0.717, 1.165) is 6.42 Å². The van der Waals surface area contributed by atoms with Crippen LogP contribution in [0.4, 0.5) is 0 Å². The number of halogens is 1. The lowest BCUT2D eigenvalue weighted by Crippen LogP contribution is -2.34. The van der Waals surface area contributed by atoms with E-state index in [1.165, 1.54) is 12.5 Å². The van der Waals surface area contributed by atoms with E-state index in [1.54, 1.807) is 6.07 Å². The molecular formula is C11H16ClNO2. The molecule has 84 valence electrons. The summed E-state index contributed by atoms with van der Waals surface area (Å²) in [5, 5.41) is 2.85. The quantitative estimate of drug-likeness (QED) is 0.789. The standard InChI is InChI=1S/C11H16ClNO2/c1-11(2,4-5-12)8-13-10(14)9-3-6-15-7-9/h3,6-7H,4-5,8H2,1-2H3,(H,13,14). The van der Waals surface area contributed by atoms with Crippen molar-refractivity contribution >= 4 is 17.5 Å². The van der Waals surface area contributed by atoms with Gasteiger partial charge in [-0.25, -0.2) is 0 Å². The van der Waals surface area contributed by atoms with Crippen LogP contribution in [-0.2, 0) is 0 Å². The summed E-state index contributed by atoms with van der Waals surface area (Å²) in [5.41, 5.74) is 0.581. The number of carbonyl (C=O) groups excluding carboxylic acids is 1. The Morgan fingerprint density at radius 1 is 1.60 bits per heavy atom. The predicted octanol–water partition coefficient (Wildman–Crippen LogP) is 2.66. The second kappa shape index (κ2) is 5.21. The zero-order valence-corrected chi connectivity index (χ0v) is 9.80. The zero-order valence-electron chi connectivity index (χ0n) is 9.05. The highest BCUT2D eigenvalue weighted by Gasteiger charge is 2.18. The van der Waals surface area contributed by atoms with Gasteiger partial charge in [0.15, 0.2) is 0 Å². The molecule has 0 saturated carbocycles. The first-order valence-electron chi connectivity index (χ1n) is 4.91. The molecule has 0 aromatic carbocycles. The van der Waals surface area contributed by atoms with E-state index >= 15 is 0 Å². The molecule has 1 aromatic rings. The van der Waals surface area contributed by atoms with Crippen LogP contribution in [0.3, 0.4) is 0 Å². The molecule has 3 nitrogen and oxygen atoms in total. The molecule has 0 spiro atoms. The van der Waals surface area contributed by atoms with Crippen LogP contribution >= 0.6 is 11.6 Å². The van der Waals surface area contributed by atoms with Gasteiger partial charge in [0.1, 0.15) is 6.26 Å². The summed E-state index contributed by atoms with van der Waals surface area (Å²) in [6.07, 6.45) is 3.79. The van der Waals surface area contributed by atoms with Crippen LogP contribution < -0.4 is 5.32 Å². The molecule has 0 radical (unpaired) electrons. The molecule has 0 fully saturated rings. The fourth-order valence-corrected chi connectivity index (χ4v) is 1.67. The second-order valence-electron chi connectivity index (χ2n) is 4.30. The van der Waals surface area contributed by atoms with Gasteiger partial charge in [-0.05, 0) is 17.9 Å². The highest BCUT2D eigenvalue weighted by Crippen LogP contribution is 2.19. The van der Waals surface area contributed by atoms with Crippen LogP contribution in [0, 0.1) is 5.41 Å². The van der Waals surface area contributed by atoms with Gasteiger partial charge in [0.25, 0.3) is 5.91 Å². The smallest absolute Gasteiger partial charge is 0.254 e. The summed E-state index contributed by atoms with van der Waals surface area (Å²) in [7, 11) is 0. The Morgan fingerprint density at radius 3 is 2.87 bits per heavy atom. The van der Waals surface area contributed by atoms with E-state index < -0.39 is 0 Å². The predicted molar refractivity (Wildman–Crippen MR) is 60.2 cm³/mol. The molecule has 0 saturated heterocycles. The molecule has 1 heterocycles. The summed E-state index contributed by atoms with van der Waals surface area (Å²) in [5.74, 6) is 0.501. The van der Waals surface area contributed by atoms with Crippen molar-refractivity contribution in [1.29, 1.82) is 0 Å². The highest BCUT2D eigenvalue weighted by atomic mass is 35.5. The zero-order chi connectivity index (χ0) is 11.3. The molecule has 0 bridgehead atoms. The minimum Gasteiger partial charge on any atom is -0.472 e. The first kappa shape index (κ1) is 12.1. The minimum atomic E-state index is -0.105. The molecule has 1 amide bonds. The number of hydrogen-bond acceptors (Lipinski definition) is 2. The van der Waals surface area contributed by atoms with Crippen LogP contribution in [-0.4, -0.2) is 18.3 Å². The Kier molecular flexibility index (Phi) is 4.21. The van der Waals surface area contributed by atoms with Crippen LogP contribution in [0.1, 0.15) is 30.6 Å². The third-order valence-electron chi connectivity index (χ3n) is 2.28. The van der Waals surface area contributed by atoms with E-state index in [9.17, 15) is 4.79 Å². The maximum absolute atomic E-state index is 11.6. The van der Waals surface area contributed by atoms with Gasteiger partial charge in [0.05, 0.1) is 11.8 Å². The summed E-state index contributed by atoms with van der Waals surface area (Å²) in [6, 6.07) is 1.64. The molecule has 0 aliphatic rings. The second-order valence-corrected chi connectivity index (χ2v) is 4.68. The molecule has 1 N–H and O–H groups in total. The maximum atomic E-state index is 11.6. The minimum absolute atomic E-state index is 0.0289. The lowest BCUT2D eigenvalue weighted by molar-refractivity contribution is 0.0935. The topological polar surface area (TPSA) is 42.2 Å². The van der Waals surface area contributed by atoms with E-state index in [-0.39, 0.29) is 11.3 Å². The van der Waals surface area contributed by atoms with Crippen molar-refractivity contribution in [2.45, 2.75) is 20.3 Å². The van der Waals surface area contributed by atoms with Gasteiger partial charge in [-0.3, -0.25) is 4.79 Å². The number of furan rings is 1. The molecule has 15 heavy (non-hydrogen) atoms. The molecule has 4 heteroatoms. The third-order valence-corrected chi connectivity index (χ3v) is 2.47. The summed E-state index contributed by atoms with van der Waals surface area (Å²) in [4.78, 5) is 11.6. The van der Waals surface area contributed by atoms with E-state index in [0.29, 0.717) is 18.0 Å². The van der Waals surface area contributed by atoms with Crippen molar-refractivity contribution in [2.24, 2.45) is 5.41 Å². The molecule has 1 rings (SSSR count). The van der Waals surface area contributed by atoms with Gasteiger partial charge in [0, 0.05) is 12.4 Å². The Hall–Kier alpha value is -0.960. The number of nitrogens with one attached hydrogen (secondary N) is 1. The number of amides is 1. The van der Waals surface area contributed by atoms with Crippen molar-refractivity contribution in [3.05, 3.63) is 24.2 Å². The van der Waals surface area contributed by atoms with Gasteiger partial charge in [-0.1, -0.05) is 13.8 Å². The average Bonchev–Trinajstić information content (AvgIpc) is 2.67. The van der Waals surface area contributed by atoms with Gasteiger partial charge in [-0.2, -0.15) is 0 Å². The van der Waals surface area contributed by atoms with Gasteiger partial charge >= 0.3 is 0 Å². The highest BCUT2D eigenvalue weighted by molar-refractivity contribution is 6.17. The van der Waals surface area contributed by atoms with Crippen molar-refractivity contribution in [1.82, 2.24) is 5.32 Å². The molecule has 1 aromatic heterocycles. The SMILES string of the molecule is CC(C)(CCCl)CNC(=O)c1ccoc1. The Balaban J connectivity index is 2.40. The Labute approximate surface area is 94.8 Å². The van der Waals surface area contributed by atoms with Gasteiger partial charge in [-0.15, -0.1) is 11.6 Å². The fourth-order valence-electron chi connectivity index (χ4n) is 1.16. The van der Waals surface area contributed by atoms with Gasteiger partial charge < -0.3 is 9.73 Å². The van der Waals surface area contributed by atoms with Gasteiger partial charge in [0.2, 0.25) is 0 Å². The molecule has 0 aliphatic heterocycles. The van der Waals surface area contributed by atoms with Crippen molar-refractivity contribution in [2.75, 3.05) is 12.4 Å². The lowest BCUT2D eigenvalue weighted by atomic mass is 9.90. The third kappa shape index (κ3) is 3.96. The average molecular weight is 230 g/mol. The van der Waals surface area contributed by atoms with Crippen LogP contribution in [0.2, 0.25) is 0 Å². The molecule has 0 atom stereocenters. The maximum Gasteiger partial charge on any atom is 0.254 e. The van der Waals surface area contributed by atoms with E-state index in [2.05, 4.69) is 19.2 Å². The van der Waals surface area contributed by atoms with E-state index in [4.69, 9.17) is 16.0 Å². The Morgan fingerprint density at radius 2 is 2.33 bits per heavy atom. The fraction of sp³-hybridized carbons (Fsp3) is 0.545. The van der Waals surface area contributed by atoms with E-state index in [1.807, 2.05) is 0 Å². The summed E-state index contributed by atoms with van der Waals surface area (Å²) < 4.78 is 4.83. The normalized spacial score (nSPS) is 11.4. The summed E-state index contributed by atoms with van der Waals surface area (Å²) in [6.45, 7) is 4.76. The van der Waals surface area contributed by atoms with Crippen LogP contribution in [0.15, 0.2) is 23.0 Å².